The van der Waals surface area contributed by atoms with Gasteiger partial charge in [0.05, 0.1) is 17.1 Å². The van der Waals surface area contributed by atoms with E-state index in [1.807, 2.05) is 60.5 Å². The highest BCUT2D eigenvalue weighted by Gasteiger charge is 2.18. The van der Waals surface area contributed by atoms with Gasteiger partial charge in [-0.3, -0.25) is 4.79 Å². The molecule has 3 aromatic rings. The number of carbonyl (C=O) groups excluding carboxylic acids is 1. The molecule has 0 saturated heterocycles. The number of rotatable bonds is 5. The Balaban J connectivity index is 1.42. The first-order chi connectivity index (χ1) is 14.2. The van der Waals surface area contributed by atoms with Crippen molar-refractivity contribution in [3.63, 3.8) is 0 Å². The fraction of sp³-hybridized carbons (Fsp3) is 0.208. The molecule has 0 aliphatic carbocycles. The smallest absolute Gasteiger partial charge is 0.246 e. The quantitative estimate of drug-likeness (QED) is 0.564. The molecule has 1 aromatic heterocycles. The summed E-state index contributed by atoms with van der Waals surface area (Å²) in [4.78, 5) is 17.7. The summed E-state index contributed by atoms with van der Waals surface area (Å²) in [6, 6.07) is 13.7. The summed E-state index contributed by atoms with van der Waals surface area (Å²) < 4.78 is 5.44. The van der Waals surface area contributed by atoms with Gasteiger partial charge in [-0.25, -0.2) is 0 Å². The van der Waals surface area contributed by atoms with E-state index in [1.165, 1.54) is 11.1 Å². The highest BCUT2D eigenvalue weighted by Crippen LogP contribution is 2.32. The van der Waals surface area contributed by atoms with Crippen molar-refractivity contribution in [1.29, 1.82) is 0 Å². The van der Waals surface area contributed by atoms with E-state index in [1.54, 1.807) is 6.08 Å². The molecular weight excluding hydrogens is 384 g/mol. The van der Waals surface area contributed by atoms with Gasteiger partial charge in [0, 0.05) is 36.3 Å². The minimum absolute atomic E-state index is 0.0242. The van der Waals surface area contributed by atoms with Crippen molar-refractivity contribution < 1.29 is 9.53 Å². The largest absolute Gasteiger partial charge is 0.494 e. The van der Waals surface area contributed by atoms with E-state index in [4.69, 9.17) is 16.3 Å². The maximum Gasteiger partial charge on any atom is 0.246 e. The van der Waals surface area contributed by atoms with Gasteiger partial charge in [-0.05, 0) is 48.8 Å². The monoisotopic (exact) mass is 406 g/mol. The summed E-state index contributed by atoms with van der Waals surface area (Å²) in [5.74, 6) is 0.861. The Morgan fingerprint density at radius 3 is 2.79 bits per heavy atom. The lowest BCUT2D eigenvalue weighted by molar-refractivity contribution is -0.125. The Morgan fingerprint density at radius 2 is 2.07 bits per heavy atom. The summed E-state index contributed by atoms with van der Waals surface area (Å²) >= 11 is 6.27. The molecule has 29 heavy (non-hydrogen) atoms. The Hall–Kier alpha value is -2.98. The molecular formula is C24H23ClN2O2. The second kappa shape index (κ2) is 8.58. The first-order valence-corrected chi connectivity index (χ1v) is 10.2. The van der Waals surface area contributed by atoms with Crippen molar-refractivity contribution in [2.45, 2.75) is 13.3 Å². The number of H-pyrrole nitrogens is 1. The van der Waals surface area contributed by atoms with Gasteiger partial charge < -0.3 is 14.6 Å². The van der Waals surface area contributed by atoms with Gasteiger partial charge in [-0.2, -0.15) is 0 Å². The van der Waals surface area contributed by atoms with E-state index < -0.39 is 0 Å². The summed E-state index contributed by atoms with van der Waals surface area (Å²) in [6.45, 7) is 3.91. The highest BCUT2D eigenvalue weighted by atomic mass is 35.5. The Kier molecular flexibility index (Phi) is 5.72. The zero-order valence-corrected chi connectivity index (χ0v) is 17.1. The lowest BCUT2D eigenvalue weighted by Gasteiger charge is -2.25. The molecule has 0 unspecified atom stereocenters. The van der Waals surface area contributed by atoms with Crippen LogP contribution >= 0.6 is 11.6 Å². The molecule has 0 radical (unpaired) electrons. The molecule has 4 rings (SSSR count). The Morgan fingerprint density at radius 1 is 1.24 bits per heavy atom. The van der Waals surface area contributed by atoms with Crippen LogP contribution in [0.1, 0.15) is 24.5 Å². The van der Waals surface area contributed by atoms with Crippen LogP contribution in [-0.2, 0) is 4.79 Å². The maximum atomic E-state index is 12.6. The van der Waals surface area contributed by atoms with Gasteiger partial charge in [0.15, 0.2) is 0 Å². The molecule has 148 valence electrons. The molecule has 0 spiro atoms. The van der Waals surface area contributed by atoms with E-state index in [0.717, 1.165) is 33.7 Å². The number of benzene rings is 2. The third-order valence-corrected chi connectivity index (χ3v) is 5.46. The van der Waals surface area contributed by atoms with E-state index in [2.05, 4.69) is 17.1 Å². The predicted octanol–water partition coefficient (Wildman–Crippen LogP) is 5.55. The van der Waals surface area contributed by atoms with Crippen LogP contribution in [0.5, 0.6) is 5.75 Å². The van der Waals surface area contributed by atoms with Crippen LogP contribution in [0, 0.1) is 0 Å². The number of fused-ring (bicyclic) bond motifs is 1. The second-order valence-electron chi connectivity index (χ2n) is 6.96. The van der Waals surface area contributed by atoms with Crippen LogP contribution in [0.15, 0.2) is 60.8 Å². The molecule has 0 fully saturated rings. The van der Waals surface area contributed by atoms with Gasteiger partial charge in [-0.1, -0.05) is 41.9 Å². The van der Waals surface area contributed by atoms with Crippen molar-refractivity contribution in [3.8, 4) is 5.75 Å². The Bertz CT molecular complexity index is 1080. The zero-order chi connectivity index (χ0) is 20.2. The van der Waals surface area contributed by atoms with Crippen LogP contribution in [0.4, 0.5) is 0 Å². The fourth-order valence-corrected chi connectivity index (χ4v) is 3.84. The summed E-state index contributed by atoms with van der Waals surface area (Å²) in [6.07, 6.45) is 8.45. The molecule has 5 heteroatoms. The number of hydrogen-bond acceptors (Lipinski definition) is 2. The molecule has 1 aliphatic rings. The highest BCUT2D eigenvalue weighted by molar-refractivity contribution is 6.35. The maximum absolute atomic E-state index is 12.6. The van der Waals surface area contributed by atoms with E-state index >= 15 is 0 Å². The van der Waals surface area contributed by atoms with Gasteiger partial charge in [0.1, 0.15) is 5.75 Å². The molecule has 1 aliphatic heterocycles. The number of amides is 1. The van der Waals surface area contributed by atoms with Crippen LogP contribution in [0.25, 0.3) is 22.6 Å². The lowest BCUT2D eigenvalue weighted by Crippen LogP contribution is -2.33. The molecule has 4 nitrogen and oxygen atoms in total. The summed E-state index contributed by atoms with van der Waals surface area (Å²) in [5.41, 5.74) is 4.35. The van der Waals surface area contributed by atoms with Crippen molar-refractivity contribution in [2.24, 2.45) is 0 Å². The van der Waals surface area contributed by atoms with Crippen molar-refractivity contribution >= 4 is 40.1 Å². The van der Waals surface area contributed by atoms with Crippen LogP contribution < -0.4 is 4.74 Å². The average Bonchev–Trinajstić information content (AvgIpc) is 3.19. The minimum Gasteiger partial charge on any atom is -0.494 e. The van der Waals surface area contributed by atoms with Crippen LogP contribution in [-0.4, -0.2) is 35.5 Å². The van der Waals surface area contributed by atoms with E-state index in [-0.39, 0.29) is 5.91 Å². The van der Waals surface area contributed by atoms with Gasteiger partial charge in [0.25, 0.3) is 0 Å². The van der Waals surface area contributed by atoms with Crippen molar-refractivity contribution in [1.82, 2.24) is 9.88 Å². The number of aromatic amines is 1. The molecule has 0 bridgehead atoms. The number of hydrogen-bond donors (Lipinski definition) is 1. The number of halogens is 1. The fourth-order valence-electron chi connectivity index (χ4n) is 3.61. The topological polar surface area (TPSA) is 45.3 Å². The third kappa shape index (κ3) is 4.22. The summed E-state index contributed by atoms with van der Waals surface area (Å²) in [5, 5.41) is 1.85. The van der Waals surface area contributed by atoms with E-state index in [0.29, 0.717) is 19.7 Å². The second-order valence-corrected chi connectivity index (χ2v) is 7.37. The molecule has 0 saturated carbocycles. The number of nitrogens with one attached hydrogen (secondary N) is 1. The Labute approximate surface area is 175 Å². The normalized spacial score (nSPS) is 14.4. The number of nitrogens with zero attached hydrogens (tertiary/aromatic N) is 1. The molecule has 2 aromatic carbocycles. The van der Waals surface area contributed by atoms with Gasteiger partial charge >= 0.3 is 0 Å². The number of carbonyl (C=O) groups is 1. The molecule has 0 atom stereocenters. The summed E-state index contributed by atoms with van der Waals surface area (Å²) in [7, 11) is 0. The number of aromatic nitrogens is 1. The lowest BCUT2D eigenvalue weighted by atomic mass is 9.99. The standard InChI is InChI=1S/C24H23ClN2O2/c1-2-29-19-9-6-17(7-10-19)8-11-23(28)27-14-12-18(13-15-27)21-16-26-24-20(21)4-3-5-22(24)25/h3-12,16,26H,2,13-15H2,1H3/b11-8+. The predicted molar refractivity (Wildman–Crippen MR) is 119 cm³/mol. The first kappa shape index (κ1) is 19.3. The van der Waals surface area contributed by atoms with Crippen molar-refractivity contribution in [3.05, 3.63) is 77.0 Å². The van der Waals surface area contributed by atoms with E-state index in [9.17, 15) is 4.79 Å². The molecule has 1 amide bonds. The SMILES string of the molecule is CCOc1ccc(/C=C/C(=O)N2CC=C(c3c[nH]c4c(Cl)cccc34)CC2)cc1. The minimum atomic E-state index is 0.0242. The third-order valence-electron chi connectivity index (χ3n) is 5.14. The van der Waals surface area contributed by atoms with Gasteiger partial charge in [-0.15, -0.1) is 0 Å². The molecule has 2 heterocycles. The van der Waals surface area contributed by atoms with Crippen molar-refractivity contribution in [2.75, 3.05) is 19.7 Å². The van der Waals surface area contributed by atoms with Crippen LogP contribution in [0.2, 0.25) is 5.02 Å². The van der Waals surface area contributed by atoms with Crippen LogP contribution in [0.3, 0.4) is 0 Å². The average molecular weight is 407 g/mol. The zero-order valence-electron chi connectivity index (χ0n) is 16.3. The van der Waals surface area contributed by atoms with Gasteiger partial charge in [0.2, 0.25) is 5.91 Å². The number of ether oxygens (including phenoxy) is 1. The number of para-hydroxylation sites is 1. The first-order valence-electron chi connectivity index (χ1n) is 9.80. The molecule has 1 N–H and O–H groups in total.